The number of hydrogen-bond acceptors (Lipinski definition) is 3. The van der Waals surface area contributed by atoms with Crippen molar-refractivity contribution in [1.29, 1.82) is 0 Å². The van der Waals surface area contributed by atoms with E-state index in [1.807, 2.05) is 35.1 Å². The molecule has 0 bridgehead atoms. The Morgan fingerprint density at radius 3 is 1.18 bits per heavy atom. The standard InChI is InChI=1S/C41H25NS2/c1-3-13-38-34(11-1)36-22-30(15-17-40(36)43-38)26-7-5-9-28(19-26)32-21-33(25-42-24-32)29-10-6-8-27(20-29)31-16-18-41-37(23-31)35-12-2-4-14-39(35)44-41/h1-25H. The van der Waals surface area contributed by atoms with Gasteiger partial charge in [0.25, 0.3) is 0 Å². The van der Waals surface area contributed by atoms with Crippen LogP contribution in [0.1, 0.15) is 0 Å². The van der Waals surface area contributed by atoms with Crippen molar-refractivity contribution in [2.45, 2.75) is 0 Å². The number of rotatable bonds is 4. The summed E-state index contributed by atoms with van der Waals surface area (Å²) in [7, 11) is 0. The lowest BCUT2D eigenvalue weighted by atomic mass is 9.96. The lowest BCUT2D eigenvalue weighted by Crippen LogP contribution is -1.86. The fraction of sp³-hybridized carbons (Fsp3) is 0. The van der Waals surface area contributed by atoms with Gasteiger partial charge in [0.15, 0.2) is 0 Å². The van der Waals surface area contributed by atoms with Gasteiger partial charge in [0.05, 0.1) is 0 Å². The first-order valence-corrected chi connectivity index (χ1v) is 16.4. The van der Waals surface area contributed by atoms with Crippen molar-refractivity contribution in [3.63, 3.8) is 0 Å². The van der Waals surface area contributed by atoms with Gasteiger partial charge >= 0.3 is 0 Å². The molecule has 3 aromatic heterocycles. The summed E-state index contributed by atoms with van der Waals surface area (Å²) in [6.07, 6.45) is 3.94. The summed E-state index contributed by atoms with van der Waals surface area (Å²) in [6.45, 7) is 0. The van der Waals surface area contributed by atoms with E-state index in [0.29, 0.717) is 0 Å². The predicted molar refractivity (Wildman–Crippen MR) is 192 cm³/mol. The first-order chi connectivity index (χ1) is 21.8. The fourth-order valence-corrected chi connectivity index (χ4v) is 8.50. The SMILES string of the molecule is c1cc(-c2cncc(-c3cccc(-c4ccc5sc6ccccc6c5c4)c3)c2)cc(-c2ccc3sc4ccccc4c3c2)c1. The number of nitrogens with zero attached hydrogens (tertiary/aromatic N) is 1. The maximum absolute atomic E-state index is 4.68. The molecule has 1 nitrogen and oxygen atoms in total. The zero-order valence-electron chi connectivity index (χ0n) is 23.7. The Bertz CT molecular complexity index is 2340. The minimum atomic E-state index is 1.11. The Balaban J connectivity index is 1.07. The quantitative estimate of drug-likeness (QED) is 0.197. The lowest BCUT2D eigenvalue weighted by molar-refractivity contribution is 1.33. The van der Waals surface area contributed by atoms with Crippen LogP contribution in [0.3, 0.4) is 0 Å². The summed E-state index contributed by atoms with van der Waals surface area (Å²) in [5.41, 5.74) is 9.44. The average Bonchev–Trinajstić information content (AvgIpc) is 3.66. The predicted octanol–water partition coefficient (Wildman–Crippen LogP) is 12.5. The van der Waals surface area contributed by atoms with E-state index >= 15 is 0 Å². The molecule has 0 aliphatic carbocycles. The molecule has 0 N–H and O–H groups in total. The van der Waals surface area contributed by atoms with Gasteiger partial charge in [0.2, 0.25) is 0 Å². The molecule has 0 spiro atoms. The summed E-state index contributed by atoms with van der Waals surface area (Å²) in [6, 6.07) is 50.9. The minimum Gasteiger partial charge on any atom is -0.263 e. The summed E-state index contributed by atoms with van der Waals surface area (Å²) >= 11 is 3.72. The Hall–Kier alpha value is -5.09. The van der Waals surface area contributed by atoms with Crippen molar-refractivity contribution in [3.8, 4) is 44.5 Å². The molecule has 0 radical (unpaired) electrons. The van der Waals surface area contributed by atoms with Crippen LogP contribution >= 0.6 is 22.7 Å². The molecule has 0 saturated carbocycles. The highest BCUT2D eigenvalue weighted by molar-refractivity contribution is 7.26. The maximum atomic E-state index is 4.68. The van der Waals surface area contributed by atoms with Crippen molar-refractivity contribution >= 4 is 63.0 Å². The first kappa shape index (κ1) is 25.4. The van der Waals surface area contributed by atoms with Crippen LogP contribution in [0.4, 0.5) is 0 Å². The van der Waals surface area contributed by atoms with E-state index in [1.165, 1.54) is 62.6 Å². The van der Waals surface area contributed by atoms with Crippen molar-refractivity contribution in [1.82, 2.24) is 4.98 Å². The van der Waals surface area contributed by atoms with Crippen LogP contribution in [0.2, 0.25) is 0 Å². The molecule has 9 aromatic rings. The number of aromatic nitrogens is 1. The van der Waals surface area contributed by atoms with Gasteiger partial charge in [-0.3, -0.25) is 4.98 Å². The van der Waals surface area contributed by atoms with Gasteiger partial charge in [-0.2, -0.15) is 0 Å². The molecule has 0 fully saturated rings. The van der Waals surface area contributed by atoms with E-state index in [4.69, 9.17) is 0 Å². The summed E-state index contributed by atoms with van der Waals surface area (Å²) < 4.78 is 5.32. The number of fused-ring (bicyclic) bond motifs is 6. The zero-order chi connectivity index (χ0) is 29.0. The molecule has 9 rings (SSSR count). The monoisotopic (exact) mass is 595 g/mol. The molecule has 44 heavy (non-hydrogen) atoms. The number of benzene rings is 6. The summed E-state index contributed by atoms with van der Waals surface area (Å²) in [5.74, 6) is 0. The maximum Gasteiger partial charge on any atom is 0.0355 e. The fourth-order valence-electron chi connectivity index (χ4n) is 6.32. The molecule has 0 atom stereocenters. The number of hydrogen-bond donors (Lipinski definition) is 0. The molecule has 0 aliphatic rings. The van der Waals surface area contributed by atoms with Crippen LogP contribution in [0.25, 0.3) is 84.9 Å². The number of thiophene rings is 2. The van der Waals surface area contributed by atoms with E-state index in [1.54, 1.807) is 0 Å². The highest BCUT2D eigenvalue weighted by Gasteiger charge is 2.10. The van der Waals surface area contributed by atoms with E-state index in [0.717, 1.165) is 22.3 Å². The van der Waals surface area contributed by atoms with Gasteiger partial charge in [0.1, 0.15) is 0 Å². The molecular weight excluding hydrogens is 571 g/mol. The highest BCUT2D eigenvalue weighted by atomic mass is 32.1. The average molecular weight is 596 g/mol. The van der Waals surface area contributed by atoms with Gasteiger partial charge in [-0.1, -0.05) is 84.9 Å². The number of pyridine rings is 1. The van der Waals surface area contributed by atoms with Gasteiger partial charge in [-0.25, -0.2) is 0 Å². The van der Waals surface area contributed by atoms with Crippen LogP contribution in [0, 0.1) is 0 Å². The largest absolute Gasteiger partial charge is 0.263 e. The summed E-state index contributed by atoms with van der Waals surface area (Å²) in [4.78, 5) is 4.68. The van der Waals surface area contributed by atoms with Crippen LogP contribution in [-0.2, 0) is 0 Å². The van der Waals surface area contributed by atoms with Crippen LogP contribution < -0.4 is 0 Å². The Morgan fingerprint density at radius 1 is 0.295 bits per heavy atom. The van der Waals surface area contributed by atoms with Crippen molar-refractivity contribution in [2.75, 3.05) is 0 Å². The van der Waals surface area contributed by atoms with Crippen molar-refractivity contribution < 1.29 is 0 Å². The van der Waals surface area contributed by atoms with Crippen molar-refractivity contribution in [3.05, 3.63) is 152 Å². The highest BCUT2D eigenvalue weighted by Crippen LogP contribution is 2.39. The third-order valence-corrected chi connectivity index (χ3v) is 10.9. The van der Waals surface area contributed by atoms with Crippen LogP contribution in [0.5, 0.6) is 0 Å². The van der Waals surface area contributed by atoms with Gasteiger partial charge in [-0.05, 0) is 88.0 Å². The van der Waals surface area contributed by atoms with E-state index < -0.39 is 0 Å². The molecule has 3 heteroatoms. The Kier molecular flexibility index (Phi) is 5.93. The van der Waals surface area contributed by atoms with Crippen LogP contribution in [-0.4, -0.2) is 4.98 Å². The van der Waals surface area contributed by atoms with Crippen LogP contribution in [0.15, 0.2) is 152 Å². The second-order valence-electron chi connectivity index (χ2n) is 11.2. The topological polar surface area (TPSA) is 12.9 Å². The lowest BCUT2D eigenvalue weighted by Gasteiger charge is -2.10. The molecule has 0 amide bonds. The molecule has 0 saturated heterocycles. The molecule has 206 valence electrons. The molecular formula is C41H25NS2. The van der Waals surface area contributed by atoms with Gasteiger partial charge < -0.3 is 0 Å². The molecule has 3 heterocycles. The van der Waals surface area contributed by atoms with E-state index in [-0.39, 0.29) is 0 Å². The third kappa shape index (κ3) is 4.32. The second-order valence-corrected chi connectivity index (χ2v) is 13.4. The Morgan fingerprint density at radius 2 is 0.682 bits per heavy atom. The van der Waals surface area contributed by atoms with Gasteiger partial charge in [-0.15, -0.1) is 22.7 Å². The third-order valence-electron chi connectivity index (χ3n) is 8.55. The smallest absolute Gasteiger partial charge is 0.0355 e. The normalized spacial score (nSPS) is 11.6. The summed E-state index contributed by atoms with van der Waals surface area (Å²) in [5, 5.41) is 5.30. The first-order valence-electron chi connectivity index (χ1n) is 14.8. The van der Waals surface area contributed by atoms with Gasteiger partial charge in [0, 0.05) is 63.9 Å². The van der Waals surface area contributed by atoms with E-state index in [2.05, 4.69) is 145 Å². The molecule has 6 aromatic carbocycles. The zero-order valence-corrected chi connectivity index (χ0v) is 25.3. The Labute approximate surface area is 263 Å². The molecule has 0 unspecified atom stereocenters. The van der Waals surface area contributed by atoms with E-state index in [9.17, 15) is 0 Å². The molecule has 0 aliphatic heterocycles. The minimum absolute atomic E-state index is 1.11. The van der Waals surface area contributed by atoms with Crippen molar-refractivity contribution in [2.24, 2.45) is 0 Å². The second kappa shape index (κ2) is 10.3.